The van der Waals surface area contributed by atoms with Crippen LogP contribution in [0.2, 0.25) is 0 Å². The van der Waals surface area contributed by atoms with Gasteiger partial charge in [0.25, 0.3) is 0 Å². The Labute approximate surface area is 232 Å². The molecule has 0 bridgehead atoms. The molecule has 0 saturated carbocycles. The lowest BCUT2D eigenvalue weighted by atomic mass is 9.67. The average molecular weight is 497 g/mol. The van der Waals surface area contributed by atoms with E-state index in [4.69, 9.17) is 0 Å². The maximum absolute atomic E-state index is 2.99. The van der Waals surface area contributed by atoms with Crippen molar-refractivity contribution in [3.63, 3.8) is 0 Å². The van der Waals surface area contributed by atoms with Gasteiger partial charge in [0.15, 0.2) is 16.3 Å². The third kappa shape index (κ3) is 3.52. The SMILES string of the molecule is [Al][c]1cccc2c1-c1ccccc1C2(c1cccc(-c2ccccc2)c1)c1cccc(-c2ccccc2)c1. The molecule has 0 spiro atoms. The fourth-order valence-electron chi connectivity index (χ4n) is 6.27. The number of hydrogen-bond donors (Lipinski definition) is 0. The predicted octanol–water partition coefficient (Wildman–Crippen LogP) is 8.18. The van der Waals surface area contributed by atoms with Crippen LogP contribution < -0.4 is 4.43 Å². The number of rotatable bonds is 4. The summed E-state index contributed by atoms with van der Waals surface area (Å²) in [5.74, 6) is 0. The molecule has 0 N–H and O–H groups in total. The van der Waals surface area contributed by atoms with Gasteiger partial charge in [-0.3, -0.25) is 0 Å². The summed E-state index contributed by atoms with van der Waals surface area (Å²) in [4.78, 5) is 0. The van der Waals surface area contributed by atoms with E-state index in [0.717, 1.165) is 0 Å². The highest BCUT2D eigenvalue weighted by molar-refractivity contribution is 6.36. The summed E-state index contributed by atoms with van der Waals surface area (Å²) in [6.07, 6.45) is 0. The average Bonchev–Trinajstić information content (AvgIpc) is 3.30. The van der Waals surface area contributed by atoms with Gasteiger partial charge in [-0.1, -0.05) is 140 Å². The molecule has 0 unspecified atom stereocenters. The third-order valence-corrected chi connectivity index (χ3v) is 8.39. The third-order valence-electron chi connectivity index (χ3n) is 7.91. The highest BCUT2D eigenvalue weighted by Crippen LogP contribution is 2.56. The number of benzene rings is 6. The van der Waals surface area contributed by atoms with Gasteiger partial charge >= 0.3 is 0 Å². The maximum Gasteiger partial charge on any atom is 0.176 e. The Morgan fingerprint density at radius 3 is 1.47 bits per heavy atom. The lowest BCUT2D eigenvalue weighted by Crippen LogP contribution is -2.29. The fourth-order valence-corrected chi connectivity index (χ4v) is 6.69. The lowest BCUT2D eigenvalue weighted by Gasteiger charge is -2.34. The Morgan fingerprint density at radius 2 is 0.868 bits per heavy atom. The van der Waals surface area contributed by atoms with Gasteiger partial charge in [0.2, 0.25) is 0 Å². The summed E-state index contributed by atoms with van der Waals surface area (Å²) in [6.45, 7) is 0. The Balaban J connectivity index is 1.58. The van der Waals surface area contributed by atoms with E-state index in [0.29, 0.717) is 0 Å². The Morgan fingerprint density at radius 1 is 0.395 bits per heavy atom. The van der Waals surface area contributed by atoms with Crippen LogP contribution in [0.4, 0.5) is 0 Å². The molecule has 0 aromatic heterocycles. The molecule has 0 fully saturated rings. The first kappa shape index (κ1) is 23.0. The van der Waals surface area contributed by atoms with Crippen molar-refractivity contribution < 1.29 is 0 Å². The fraction of sp³-hybridized carbons (Fsp3) is 0.0270. The van der Waals surface area contributed by atoms with Gasteiger partial charge in [-0.25, -0.2) is 0 Å². The zero-order valence-corrected chi connectivity index (χ0v) is 22.2. The van der Waals surface area contributed by atoms with Gasteiger partial charge < -0.3 is 0 Å². The molecule has 0 atom stereocenters. The topological polar surface area (TPSA) is 0 Å². The standard InChI is InChI=1S/C37H25.Al/c1-3-13-27(14-4-1)29-17-11-19-31(25-29)37(32-20-12-18-30(26-32)28-15-5-2-6-16-28)35-23-9-7-21-33(35)34-22-8-10-24-36(34)37;/h1-21,23-26H;. The molecule has 6 aromatic rings. The summed E-state index contributed by atoms with van der Waals surface area (Å²) in [5.41, 5.74) is 12.4. The molecule has 0 amide bonds. The molecule has 176 valence electrons. The van der Waals surface area contributed by atoms with Gasteiger partial charge in [0, 0.05) is 0 Å². The quantitative estimate of drug-likeness (QED) is 0.216. The van der Waals surface area contributed by atoms with Crippen LogP contribution >= 0.6 is 0 Å². The monoisotopic (exact) mass is 496 g/mol. The highest BCUT2D eigenvalue weighted by atomic mass is 27.0. The highest BCUT2D eigenvalue weighted by Gasteiger charge is 2.46. The summed E-state index contributed by atoms with van der Waals surface area (Å²) >= 11 is 2.99. The van der Waals surface area contributed by atoms with Gasteiger partial charge in [-0.15, -0.1) is 4.43 Å². The zero-order valence-electron chi connectivity index (χ0n) is 21.0. The Kier molecular flexibility index (Phi) is 5.63. The van der Waals surface area contributed by atoms with E-state index < -0.39 is 5.41 Å². The second-order valence-corrected chi connectivity index (χ2v) is 10.6. The molecule has 7 rings (SSSR count). The molecular formula is C37H25Al. The molecule has 1 heteroatoms. The minimum atomic E-state index is -0.436. The normalized spacial score (nSPS) is 13.1. The van der Waals surface area contributed by atoms with Crippen molar-refractivity contribution in [1.82, 2.24) is 0 Å². The van der Waals surface area contributed by atoms with Crippen LogP contribution in [0.3, 0.4) is 0 Å². The molecule has 1 aliphatic rings. The van der Waals surface area contributed by atoms with Gasteiger partial charge in [0.05, 0.1) is 5.41 Å². The van der Waals surface area contributed by atoms with Crippen molar-refractivity contribution in [2.24, 2.45) is 0 Å². The first-order valence-electron chi connectivity index (χ1n) is 13.1. The molecule has 38 heavy (non-hydrogen) atoms. The molecular weight excluding hydrogens is 471 g/mol. The summed E-state index contributed by atoms with van der Waals surface area (Å²) in [7, 11) is 0. The van der Waals surface area contributed by atoms with Gasteiger partial charge in [-0.05, 0) is 67.8 Å². The Hall–Kier alpha value is -4.15. The molecule has 0 aliphatic heterocycles. The first-order chi connectivity index (χ1) is 18.8. The summed E-state index contributed by atoms with van der Waals surface area (Å²) in [5, 5.41) is 0. The first-order valence-corrected chi connectivity index (χ1v) is 13.7. The summed E-state index contributed by atoms with van der Waals surface area (Å²) < 4.78 is 1.23. The second-order valence-electron chi connectivity index (χ2n) is 9.96. The van der Waals surface area contributed by atoms with Crippen LogP contribution in [-0.2, 0) is 5.41 Å². The predicted molar refractivity (Wildman–Crippen MR) is 160 cm³/mol. The number of hydrogen-bond acceptors (Lipinski definition) is 0. The van der Waals surface area contributed by atoms with E-state index in [9.17, 15) is 0 Å². The number of fused-ring (bicyclic) bond motifs is 3. The van der Waals surface area contributed by atoms with Crippen molar-refractivity contribution in [3.8, 4) is 33.4 Å². The molecule has 0 saturated heterocycles. The van der Waals surface area contributed by atoms with Crippen molar-refractivity contribution in [3.05, 3.63) is 174 Å². The van der Waals surface area contributed by atoms with E-state index in [1.54, 1.807) is 0 Å². The largest absolute Gasteiger partial charge is 0.176 e. The Bertz CT molecular complexity index is 1680. The van der Waals surface area contributed by atoms with E-state index in [2.05, 4.69) is 168 Å². The van der Waals surface area contributed by atoms with Crippen LogP contribution in [-0.4, -0.2) is 16.3 Å². The summed E-state index contributed by atoms with van der Waals surface area (Å²) in [6, 6.07) is 55.3. The zero-order chi connectivity index (χ0) is 25.5. The van der Waals surface area contributed by atoms with E-state index in [1.807, 2.05) is 0 Å². The minimum absolute atomic E-state index is 0.436. The molecule has 0 nitrogen and oxygen atoms in total. The van der Waals surface area contributed by atoms with Crippen molar-refractivity contribution in [1.29, 1.82) is 0 Å². The maximum atomic E-state index is 2.99. The second kappa shape index (κ2) is 9.30. The van der Waals surface area contributed by atoms with Crippen LogP contribution in [0.15, 0.2) is 152 Å². The molecule has 2 radical (unpaired) electrons. The van der Waals surface area contributed by atoms with Crippen molar-refractivity contribution in [2.75, 3.05) is 0 Å². The van der Waals surface area contributed by atoms with E-state index in [1.165, 1.54) is 60.1 Å². The van der Waals surface area contributed by atoms with E-state index >= 15 is 0 Å². The van der Waals surface area contributed by atoms with Crippen LogP contribution in [0.1, 0.15) is 22.3 Å². The molecule has 1 aliphatic carbocycles. The molecule has 6 aromatic carbocycles. The van der Waals surface area contributed by atoms with Crippen molar-refractivity contribution in [2.45, 2.75) is 5.41 Å². The van der Waals surface area contributed by atoms with Crippen LogP contribution in [0.25, 0.3) is 33.4 Å². The van der Waals surface area contributed by atoms with Gasteiger partial charge in [-0.2, -0.15) is 0 Å². The molecule has 0 heterocycles. The van der Waals surface area contributed by atoms with Crippen LogP contribution in [0, 0.1) is 0 Å². The van der Waals surface area contributed by atoms with Gasteiger partial charge in [0.1, 0.15) is 0 Å². The van der Waals surface area contributed by atoms with Crippen LogP contribution in [0.5, 0.6) is 0 Å². The van der Waals surface area contributed by atoms with Crippen molar-refractivity contribution >= 4 is 20.7 Å². The lowest BCUT2D eigenvalue weighted by molar-refractivity contribution is 0.769. The minimum Gasteiger partial charge on any atom is -0.131 e. The smallest absolute Gasteiger partial charge is 0.131 e. The van der Waals surface area contributed by atoms with E-state index in [-0.39, 0.29) is 0 Å².